The number of allylic oxidation sites excluding steroid dienone is 2. The number of aliphatic hydroxyl groups excluding tert-OH is 1. The molecule has 0 saturated heterocycles. The van der Waals surface area contributed by atoms with Crippen molar-refractivity contribution < 1.29 is 14.6 Å². The lowest BCUT2D eigenvalue weighted by molar-refractivity contribution is -0.167. The monoisotopic (exact) mass is 282 g/mol. The first-order chi connectivity index (χ1) is 9.30. The number of methoxy groups -OCH3 is 1. The average Bonchev–Trinajstić information content (AvgIpc) is 2.66. The molecule has 0 aliphatic heterocycles. The summed E-state index contributed by atoms with van der Waals surface area (Å²) >= 11 is 0. The third kappa shape index (κ3) is 2.81. The fourth-order valence-corrected chi connectivity index (χ4v) is 3.96. The van der Waals surface area contributed by atoms with Gasteiger partial charge in [0.05, 0.1) is 12.2 Å². The van der Waals surface area contributed by atoms with Gasteiger partial charge in [-0.1, -0.05) is 39.3 Å². The second-order valence-electron chi connectivity index (χ2n) is 7.61. The maximum absolute atomic E-state index is 10.9. The van der Waals surface area contributed by atoms with E-state index in [1.807, 2.05) is 0 Å². The quantitative estimate of drug-likeness (QED) is 0.636. The third-order valence-corrected chi connectivity index (χ3v) is 5.55. The summed E-state index contributed by atoms with van der Waals surface area (Å²) in [5, 5.41) is 10.9. The molecule has 0 radical (unpaired) electrons. The Hall–Kier alpha value is -0.380. The third-order valence-electron chi connectivity index (χ3n) is 5.55. The largest absolute Gasteiger partial charge is 0.390 e. The molecule has 1 saturated carbocycles. The predicted molar refractivity (Wildman–Crippen MR) is 80.4 cm³/mol. The van der Waals surface area contributed by atoms with Crippen molar-refractivity contribution in [3.8, 4) is 0 Å². The van der Waals surface area contributed by atoms with Crippen LogP contribution >= 0.6 is 0 Å². The van der Waals surface area contributed by atoms with Crippen molar-refractivity contribution in [2.45, 2.75) is 65.6 Å². The van der Waals surface area contributed by atoms with Gasteiger partial charge in [0.15, 0.2) is 0 Å². The molecule has 3 atom stereocenters. The standard InChI is InChI=1S/C17H30O3/c1-16(2)10-6-7-12-8-9-13(17(12,3)4)14(15(16)18)20-11-19-5/h7,13-15,18H,6,8-11H2,1-5H3/b12-7-/t13-,14-,15-/m1/s1. The number of ether oxygens (including phenoxy) is 2. The Morgan fingerprint density at radius 2 is 2.00 bits per heavy atom. The van der Waals surface area contributed by atoms with Crippen LogP contribution in [0.15, 0.2) is 11.6 Å². The van der Waals surface area contributed by atoms with E-state index in [1.54, 1.807) is 12.7 Å². The van der Waals surface area contributed by atoms with Crippen molar-refractivity contribution in [2.24, 2.45) is 16.7 Å². The van der Waals surface area contributed by atoms with Gasteiger partial charge in [0.25, 0.3) is 0 Å². The molecular weight excluding hydrogens is 252 g/mol. The molecule has 2 aliphatic rings. The molecule has 0 amide bonds. The summed E-state index contributed by atoms with van der Waals surface area (Å²) in [4.78, 5) is 0. The minimum absolute atomic E-state index is 0.111. The minimum Gasteiger partial charge on any atom is -0.390 e. The molecule has 3 heteroatoms. The van der Waals surface area contributed by atoms with Crippen LogP contribution in [0.25, 0.3) is 0 Å². The van der Waals surface area contributed by atoms with Crippen molar-refractivity contribution >= 4 is 0 Å². The van der Waals surface area contributed by atoms with Crippen LogP contribution in [0.2, 0.25) is 0 Å². The van der Waals surface area contributed by atoms with E-state index in [-0.39, 0.29) is 23.7 Å². The summed E-state index contributed by atoms with van der Waals surface area (Å²) in [5.74, 6) is 0.358. The Bertz CT molecular complexity index is 370. The van der Waals surface area contributed by atoms with Crippen LogP contribution < -0.4 is 0 Å². The van der Waals surface area contributed by atoms with Crippen LogP contribution in [-0.2, 0) is 9.47 Å². The Kier molecular flexibility index (Phi) is 4.63. The van der Waals surface area contributed by atoms with Gasteiger partial charge in [-0.05, 0) is 42.4 Å². The fraction of sp³-hybridized carbons (Fsp3) is 0.882. The van der Waals surface area contributed by atoms with Crippen molar-refractivity contribution in [3.05, 3.63) is 11.6 Å². The first-order valence-corrected chi connectivity index (χ1v) is 7.79. The Morgan fingerprint density at radius 1 is 1.30 bits per heavy atom. The maximum atomic E-state index is 10.9. The number of aliphatic hydroxyl groups is 1. The molecule has 0 heterocycles. The first kappa shape index (κ1) is 16.0. The smallest absolute Gasteiger partial charge is 0.146 e. The van der Waals surface area contributed by atoms with Crippen LogP contribution in [0.1, 0.15) is 53.4 Å². The molecule has 1 N–H and O–H groups in total. The highest BCUT2D eigenvalue weighted by Crippen LogP contribution is 2.52. The highest BCUT2D eigenvalue weighted by Gasteiger charge is 2.49. The molecule has 0 aromatic heterocycles. The zero-order valence-electron chi connectivity index (χ0n) is 13.6. The molecular formula is C17H30O3. The van der Waals surface area contributed by atoms with Gasteiger partial charge in [0.2, 0.25) is 0 Å². The van der Waals surface area contributed by atoms with E-state index < -0.39 is 6.10 Å². The second kappa shape index (κ2) is 5.78. The van der Waals surface area contributed by atoms with Gasteiger partial charge in [-0.15, -0.1) is 0 Å². The highest BCUT2D eigenvalue weighted by atomic mass is 16.7. The van der Waals surface area contributed by atoms with Gasteiger partial charge in [0, 0.05) is 7.11 Å². The average molecular weight is 282 g/mol. The number of hydrogen-bond donors (Lipinski definition) is 1. The maximum Gasteiger partial charge on any atom is 0.146 e. The predicted octanol–water partition coefficient (Wildman–Crippen LogP) is 3.52. The fourth-order valence-electron chi connectivity index (χ4n) is 3.96. The zero-order valence-corrected chi connectivity index (χ0v) is 13.6. The molecule has 116 valence electrons. The Balaban J connectivity index is 2.35. The van der Waals surface area contributed by atoms with Crippen molar-refractivity contribution in [1.29, 1.82) is 0 Å². The summed E-state index contributed by atoms with van der Waals surface area (Å²) in [6.07, 6.45) is 6.09. The minimum atomic E-state index is -0.451. The highest BCUT2D eigenvalue weighted by molar-refractivity contribution is 5.21. The van der Waals surface area contributed by atoms with E-state index in [4.69, 9.17) is 9.47 Å². The zero-order chi connectivity index (χ0) is 15.0. The number of rotatable bonds is 3. The van der Waals surface area contributed by atoms with Crippen LogP contribution in [-0.4, -0.2) is 31.2 Å². The lowest BCUT2D eigenvalue weighted by Crippen LogP contribution is -2.47. The lowest BCUT2D eigenvalue weighted by atomic mass is 9.71. The summed E-state index contributed by atoms with van der Waals surface area (Å²) in [7, 11) is 1.64. The SMILES string of the molecule is COCO[C@H]1[C@@H](O)C(C)(C)CC/C=C2/CC[C@H]1C2(C)C. The van der Waals surface area contributed by atoms with Gasteiger partial charge in [-0.2, -0.15) is 0 Å². The summed E-state index contributed by atoms with van der Waals surface area (Å²) in [6.45, 7) is 9.13. The molecule has 2 rings (SSSR count). The van der Waals surface area contributed by atoms with Crippen LogP contribution in [0.3, 0.4) is 0 Å². The van der Waals surface area contributed by atoms with Crippen LogP contribution in [0.4, 0.5) is 0 Å². The lowest BCUT2D eigenvalue weighted by Gasteiger charge is -2.41. The van der Waals surface area contributed by atoms with Crippen LogP contribution in [0, 0.1) is 16.7 Å². The molecule has 0 aromatic rings. The van der Waals surface area contributed by atoms with E-state index in [9.17, 15) is 5.11 Å². The van der Waals surface area contributed by atoms with E-state index in [0.717, 1.165) is 25.7 Å². The van der Waals surface area contributed by atoms with E-state index in [0.29, 0.717) is 5.92 Å². The Morgan fingerprint density at radius 3 is 2.65 bits per heavy atom. The number of hydrogen-bond acceptors (Lipinski definition) is 3. The topological polar surface area (TPSA) is 38.7 Å². The number of fused-ring (bicyclic) bond motifs is 2. The van der Waals surface area contributed by atoms with Crippen molar-refractivity contribution in [2.75, 3.05) is 13.9 Å². The van der Waals surface area contributed by atoms with Crippen molar-refractivity contribution in [1.82, 2.24) is 0 Å². The van der Waals surface area contributed by atoms with Gasteiger partial charge >= 0.3 is 0 Å². The molecule has 3 nitrogen and oxygen atoms in total. The summed E-state index contributed by atoms with van der Waals surface area (Å²) in [6, 6.07) is 0. The second-order valence-corrected chi connectivity index (χ2v) is 7.61. The molecule has 1 fully saturated rings. The van der Waals surface area contributed by atoms with Crippen LogP contribution in [0.5, 0.6) is 0 Å². The van der Waals surface area contributed by atoms with Gasteiger partial charge in [-0.3, -0.25) is 0 Å². The van der Waals surface area contributed by atoms with Crippen molar-refractivity contribution in [3.63, 3.8) is 0 Å². The molecule has 0 spiro atoms. The normalized spacial score (nSPS) is 38.5. The molecule has 2 bridgehead atoms. The molecule has 2 aliphatic carbocycles. The summed E-state index contributed by atoms with van der Waals surface area (Å²) < 4.78 is 11.0. The van der Waals surface area contributed by atoms with Gasteiger partial charge < -0.3 is 14.6 Å². The van der Waals surface area contributed by atoms with Gasteiger partial charge in [0.1, 0.15) is 6.79 Å². The summed E-state index contributed by atoms with van der Waals surface area (Å²) in [5.41, 5.74) is 1.52. The van der Waals surface area contributed by atoms with E-state index in [1.165, 1.54) is 0 Å². The molecule has 20 heavy (non-hydrogen) atoms. The van der Waals surface area contributed by atoms with E-state index in [2.05, 4.69) is 33.8 Å². The molecule has 0 unspecified atom stereocenters. The molecule has 0 aromatic carbocycles. The van der Waals surface area contributed by atoms with Gasteiger partial charge in [-0.25, -0.2) is 0 Å². The first-order valence-electron chi connectivity index (χ1n) is 7.79. The Labute approximate surface area is 123 Å². The van der Waals surface area contributed by atoms with E-state index >= 15 is 0 Å².